The summed E-state index contributed by atoms with van der Waals surface area (Å²) in [6.07, 6.45) is 2.08. The highest BCUT2D eigenvalue weighted by atomic mass is 16.2. The van der Waals surface area contributed by atoms with Crippen LogP contribution in [0.25, 0.3) is 5.69 Å². The maximum Gasteiger partial charge on any atom is 0.231 e. The second-order valence-electron chi connectivity index (χ2n) is 6.11. The standard InChI is InChI=1S/C17H18N6O/c1-11-14(17(2)8-15(24)22(3)16(19)20-17)10-23(21-11)13-6-4-5-12(7-13)9-18/h4-7,10H,8H2,1-3H3,(H2,19,20)/t17-/m0/s1. The van der Waals surface area contributed by atoms with Gasteiger partial charge in [0.15, 0.2) is 5.96 Å². The third-order valence-electron chi connectivity index (χ3n) is 4.29. The summed E-state index contributed by atoms with van der Waals surface area (Å²) in [5.41, 5.74) is 8.09. The van der Waals surface area contributed by atoms with Crippen molar-refractivity contribution >= 4 is 11.9 Å². The van der Waals surface area contributed by atoms with E-state index in [0.29, 0.717) is 5.56 Å². The molecular formula is C17H18N6O. The summed E-state index contributed by atoms with van der Waals surface area (Å²) in [6, 6.07) is 9.29. The van der Waals surface area contributed by atoms with Crippen molar-refractivity contribution in [1.29, 1.82) is 5.26 Å². The number of nitriles is 1. The molecule has 1 amide bonds. The van der Waals surface area contributed by atoms with E-state index in [1.54, 1.807) is 23.9 Å². The predicted octanol–water partition coefficient (Wildman–Crippen LogP) is 1.44. The van der Waals surface area contributed by atoms with Gasteiger partial charge in [-0.2, -0.15) is 10.4 Å². The number of rotatable bonds is 2. The number of aromatic nitrogens is 2. The summed E-state index contributed by atoms with van der Waals surface area (Å²) in [5, 5.41) is 13.6. The summed E-state index contributed by atoms with van der Waals surface area (Å²) < 4.78 is 1.70. The maximum absolute atomic E-state index is 12.2. The molecule has 1 aromatic heterocycles. The van der Waals surface area contributed by atoms with Crippen LogP contribution < -0.4 is 5.73 Å². The molecule has 0 unspecified atom stereocenters. The van der Waals surface area contributed by atoms with Crippen LogP contribution in [0, 0.1) is 18.3 Å². The SMILES string of the molecule is Cc1nn(-c2cccc(C#N)c2)cc1[C@]1(C)CC(=O)N(C)C(N)=N1. The van der Waals surface area contributed by atoms with Gasteiger partial charge in [-0.3, -0.25) is 9.69 Å². The normalized spacial score (nSPS) is 20.7. The number of aliphatic imine (C=N–C) groups is 1. The summed E-state index contributed by atoms with van der Waals surface area (Å²) in [4.78, 5) is 18.0. The zero-order valence-corrected chi connectivity index (χ0v) is 13.8. The van der Waals surface area contributed by atoms with Crippen molar-refractivity contribution in [1.82, 2.24) is 14.7 Å². The van der Waals surface area contributed by atoms with Crippen molar-refractivity contribution in [2.75, 3.05) is 7.05 Å². The van der Waals surface area contributed by atoms with Crippen molar-refractivity contribution in [3.63, 3.8) is 0 Å². The van der Waals surface area contributed by atoms with Crippen LogP contribution in [0.2, 0.25) is 0 Å². The fourth-order valence-corrected chi connectivity index (χ4v) is 2.90. The molecule has 7 nitrogen and oxygen atoms in total. The quantitative estimate of drug-likeness (QED) is 0.904. The number of hydrogen-bond acceptors (Lipinski definition) is 5. The van der Waals surface area contributed by atoms with Crippen LogP contribution >= 0.6 is 0 Å². The number of guanidine groups is 1. The highest BCUT2D eigenvalue weighted by Crippen LogP contribution is 2.34. The maximum atomic E-state index is 12.2. The monoisotopic (exact) mass is 322 g/mol. The lowest BCUT2D eigenvalue weighted by Gasteiger charge is -2.33. The molecule has 3 rings (SSSR count). The Balaban J connectivity index is 2.06. The molecule has 0 fully saturated rings. The molecule has 1 atom stereocenters. The Morgan fingerprint density at radius 3 is 2.83 bits per heavy atom. The van der Waals surface area contributed by atoms with Crippen LogP contribution in [0.1, 0.15) is 30.2 Å². The highest BCUT2D eigenvalue weighted by Gasteiger charge is 2.38. The van der Waals surface area contributed by atoms with Gasteiger partial charge >= 0.3 is 0 Å². The largest absolute Gasteiger partial charge is 0.369 e. The van der Waals surface area contributed by atoms with E-state index < -0.39 is 5.54 Å². The van der Waals surface area contributed by atoms with Crippen LogP contribution in [0.15, 0.2) is 35.5 Å². The van der Waals surface area contributed by atoms with E-state index >= 15 is 0 Å². The van der Waals surface area contributed by atoms with Crippen LogP contribution in [0.4, 0.5) is 0 Å². The molecular weight excluding hydrogens is 304 g/mol. The van der Waals surface area contributed by atoms with Gasteiger partial charge in [-0.25, -0.2) is 9.67 Å². The van der Waals surface area contributed by atoms with E-state index in [1.165, 1.54) is 4.90 Å². The molecule has 2 heterocycles. The van der Waals surface area contributed by atoms with Gasteiger partial charge in [-0.05, 0) is 32.0 Å². The Bertz CT molecular complexity index is 891. The summed E-state index contributed by atoms with van der Waals surface area (Å²) in [5.74, 6) is 0.121. The Hall–Kier alpha value is -3.14. The van der Waals surface area contributed by atoms with E-state index in [-0.39, 0.29) is 18.3 Å². The Morgan fingerprint density at radius 1 is 1.42 bits per heavy atom. The lowest BCUT2D eigenvalue weighted by atomic mass is 9.88. The number of aryl methyl sites for hydroxylation is 1. The molecule has 0 spiro atoms. The number of carbonyl (C=O) groups is 1. The fraction of sp³-hybridized carbons (Fsp3) is 0.294. The number of carbonyl (C=O) groups excluding carboxylic acids is 1. The Labute approximate surface area is 140 Å². The van der Waals surface area contributed by atoms with Gasteiger partial charge < -0.3 is 5.73 Å². The van der Waals surface area contributed by atoms with Crippen molar-refractivity contribution in [3.05, 3.63) is 47.3 Å². The number of amides is 1. The van der Waals surface area contributed by atoms with E-state index in [4.69, 9.17) is 11.0 Å². The van der Waals surface area contributed by atoms with Crippen LogP contribution in [0.5, 0.6) is 0 Å². The fourth-order valence-electron chi connectivity index (χ4n) is 2.90. The van der Waals surface area contributed by atoms with Crippen molar-refractivity contribution < 1.29 is 4.79 Å². The minimum absolute atomic E-state index is 0.0800. The lowest BCUT2D eigenvalue weighted by Crippen LogP contribution is -2.47. The molecule has 2 N–H and O–H groups in total. The predicted molar refractivity (Wildman–Crippen MR) is 89.4 cm³/mol. The first-order valence-electron chi connectivity index (χ1n) is 7.53. The molecule has 0 saturated heterocycles. The third kappa shape index (κ3) is 2.52. The molecule has 2 aromatic rings. The average Bonchev–Trinajstić information content (AvgIpc) is 2.95. The third-order valence-corrected chi connectivity index (χ3v) is 4.29. The first kappa shape index (κ1) is 15.7. The van der Waals surface area contributed by atoms with E-state index in [1.807, 2.05) is 32.2 Å². The number of nitrogens with two attached hydrogens (primary N) is 1. The molecule has 0 aliphatic carbocycles. The van der Waals surface area contributed by atoms with Crippen molar-refractivity contribution in [2.45, 2.75) is 25.8 Å². The molecule has 24 heavy (non-hydrogen) atoms. The lowest BCUT2D eigenvalue weighted by molar-refractivity contribution is -0.128. The molecule has 1 aliphatic rings. The van der Waals surface area contributed by atoms with Gasteiger partial charge in [0.2, 0.25) is 5.91 Å². The summed E-state index contributed by atoms with van der Waals surface area (Å²) in [7, 11) is 1.62. The molecule has 0 bridgehead atoms. The zero-order valence-electron chi connectivity index (χ0n) is 13.8. The van der Waals surface area contributed by atoms with E-state index in [0.717, 1.165) is 16.9 Å². The number of hydrogen-bond donors (Lipinski definition) is 1. The van der Waals surface area contributed by atoms with Gasteiger partial charge in [0.1, 0.15) is 0 Å². The van der Waals surface area contributed by atoms with Crippen LogP contribution in [0.3, 0.4) is 0 Å². The number of benzene rings is 1. The van der Waals surface area contributed by atoms with Crippen LogP contribution in [-0.2, 0) is 10.3 Å². The Kier molecular flexibility index (Phi) is 3.60. The van der Waals surface area contributed by atoms with Gasteiger partial charge in [-0.15, -0.1) is 0 Å². The van der Waals surface area contributed by atoms with Crippen molar-refractivity contribution in [3.8, 4) is 11.8 Å². The van der Waals surface area contributed by atoms with Gasteiger partial charge in [0.25, 0.3) is 0 Å². The second kappa shape index (κ2) is 5.49. The Morgan fingerprint density at radius 2 is 2.17 bits per heavy atom. The molecule has 0 radical (unpaired) electrons. The smallest absolute Gasteiger partial charge is 0.231 e. The molecule has 0 saturated carbocycles. The topological polar surface area (TPSA) is 100 Å². The first-order valence-corrected chi connectivity index (χ1v) is 7.53. The summed E-state index contributed by atoms with van der Waals surface area (Å²) in [6.45, 7) is 3.75. The molecule has 1 aromatic carbocycles. The summed E-state index contributed by atoms with van der Waals surface area (Å²) >= 11 is 0. The van der Waals surface area contributed by atoms with Gasteiger partial charge in [-0.1, -0.05) is 6.07 Å². The molecule has 1 aliphatic heterocycles. The van der Waals surface area contributed by atoms with Gasteiger partial charge in [0.05, 0.1) is 35.0 Å². The van der Waals surface area contributed by atoms with E-state index in [2.05, 4.69) is 16.2 Å². The molecule has 122 valence electrons. The van der Waals surface area contributed by atoms with Crippen LogP contribution in [-0.4, -0.2) is 33.6 Å². The second-order valence-corrected chi connectivity index (χ2v) is 6.11. The minimum Gasteiger partial charge on any atom is -0.369 e. The first-order chi connectivity index (χ1) is 11.3. The minimum atomic E-state index is -0.747. The van der Waals surface area contributed by atoms with Gasteiger partial charge in [0, 0.05) is 18.8 Å². The molecule has 7 heteroatoms. The zero-order chi connectivity index (χ0) is 17.5. The highest BCUT2D eigenvalue weighted by molar-refractivity contribution is 5.98. The number of nitrogens with zero attached hydrogens (tertiary/aromatic N) is 5. The van der Waals surface area contributed by atoms with Crippen molar-refractivity contribution in [2.24, 2.45) is 10.7 Å². The van der Waals surface area contributed by atoms with E-state index in [9.17, 15) is 4.79 Å². The average molecular weight is 322 g/mol.